The fourth-order valence-electron chi connectivity index (χ4n) is 2.46. The summed E-state index contributed by atoms with van der Waals surface area (Å²) >= 11 is 1.52. The van der Waals surface area contributed by atoms with Gasteiger partial charge in [-0.05, 0) is 17.7 Å². The Bertz CT molecular complexity index is 1060. The molecule has 0 bridgehead atoms. The Morgan fingerprint density at radius 3 is 2.56 bits per heavy atom. The maximum absolute atomic E-state index is 11.2. The van der Waals surface area contributed by atoms with Crippen molar-refractivity contribution in [1.29, 1.82) is 0 Å². The highest BCUT2D eigenvalue weighted by molar-refractivity contribution is 7.21. The third kappa shape index (κ3) is 2.92. The van der Waals surface area contributed by atoms with Gasteiger partial charge in [-0.1, -0.05) is 42.5 Å². The zero-order valence-electron chi connectivity index (χ0n) is 12.8. The lowest BCUT2D eigenvalue weighted by Gasteiger charge is -2.05. The van der Waals surface area contributed by atoms with E-state index >= 15 is 0 Å². The maximum atomic E-state index is 11.2. The van der Waals surface area contributed by atoms with Crippen LogP contribution in [-0.2, 0) is 0 Å². The number of fused-ring (bicyclic) bond motifs is 1. The normalized spacial score (nSPS) is 10.7. The maximum Gasteiger partial charge on any atom is 0.311 e. The minimum Gasteiger partial charge on any atom is -0.431 e. The molecule has 0 aliphatic rings. The standard InChI is InChI=1S/C18H11N3O3S/c22-21(23)14-8-4-5-9-15(14)24-17-13-10-16(12-6-2-1-3-7-12)25-18(13)20-11-19-17/h1-11H. The summed E-state index contributed by atoms with van der Waals surface area (Å²) in [4.78, 5) is 20.9. The molecule has 0 atom stereocenters. The van der Waals surface area contributed by atoms with Crippen LogP contribution in [0.5, 0.6) is 11.6 Å². The van der Waals surface area contributed by atoms with Crippen molar-refractivity contribution in [3.63, 3.8) is 0 Å². The molecule has 0 amide bonds. The van der Waals surface area contributed by atoms with E-state index in [0.29, 0.717) is 5.88 Å². The number of para-hydroxylation sites is 2. The highest BCUT2D eigenvalue weighted by Crippen LogP contribution is 2.38. The largest absolute Gasteiger partial charge is 0.431 e. The smallest absolute Gasteiger partial charge is 0.311 e. The van der Waals surface area contributed by atoms with E-state index in [1.54, 1.807) is 18.2 Å². The number of ether oxygens (including phenoxy) is 1. The third-order valence-corrected chi connectivity index (χ3v) is 4.71. The number of nitro benzene ring substituents is 1. The van der Waals surface area contributed by atoms with Crippen molar-refractivity contribution in [2.75, 3.05) is 0 Å². The fourth-order valence-corrected chi connectivity index (χ4v) is 3.45. The number of nitrogens with zero attached hydrogens (tertiary/aromatic N) is 3. The summed E-state index contributed by atoms with van der Waals surface area (Å²) in [6.45, 7) is 0. The summed E-state index contributed by atoms with van der Waals surface area (Å²) in [7, 11) is 0. The summed E-state index contributed by atoms with van der Waals surface area (Å²) in [6.07, 6.45) is 1.40. The quantitative estimate of drug-likeness (QED) is 0.380. The molecule has 0 aliphatic carbocycles. The Balaban J connectivity index is 1.79. The van der Waals surface area contributed by atoms with Crippen LogP contribution in [0, 0.1) is 10.1 Å². The molecule has 4 aromatic rings. The molecule has 2 aromatic carbocycles. The van der Waals surface area contributed by atoms with Crippen LogP contribution in [-0.4, -0.2) is 14.9 Å². The molecule has 0 radical (unpaired) electrons. The number of aromatic nitrogens is 2. The van der Waals surface area contributed by atoms with Gasteiger partial charge in [-0.2, -0.15) is 0 Å². The molecular weight excluding hydrogens is 338 g/mol. The Labute approximate surface area is 146 Å². The van der Waals surface area contributed by atoms with Crippen molar-refractivity contribution < 1.29 is 9.66 Å². The van der Waals surface area contributed by atoms with E-state index in [1.807, 2.05) is 36.4 Å². The van der Waals surface area contributed by atoms with Gasteiger partial charge in [-0.25, -0.2) is 9.97 Å². The van der Waals surface area contributed by atoms with Gasteiger partial charge in [0.2, 0.25) is 11.6 Å². The summed E-state index contributed by atoms with van der Waals surface area (Å²) in [5, 5.41) is 11.9. The summed E-state index contributed by atoms with van der Waals surface area (Å²) < 4.78 is 5.75. The second-order valence-electron chi connectivity index (χ2n) is 5.20. The van der Waals surface area contributed by atoms with Crippen molar-refractivity contribution in [3.8, 4) is 22.1 Å². The van der Waals surface area contributed by atoms with Crippen LogP contribution in [0.25, 0.3) is 20.7 Å². The number of hydrogen-bond donors (Lipinski definition) is 0. The molecule has 0 unspecified atom stereocenters. The average molecular weight is 349 g/mol. The second-order valence-corrected chi connectivity index (χ2v) is 6.23. The summed E-state index contributed by atoms with van der Waals surface area (Å²) in [5.74, 6) is 0.456. The van der Waals surface area contributed by atoms with E-state index in [-0.39, 0.29) is 11.4 Å². The van der Waals surface area contributed by atoms with E-state index in [4.69, 9.17) is 4.74 Å². The van der Waals surface area contributed by atoms with Gasteiger partial charge in [0, 0.05) is 10.9 Å². The molecule has 7 heteroatoms. The predicted octanol–water partition coefficient (Wildman–Crippen LogP) is 5.06. The third-order valence-electron chi connectivity index (χ3n) is 3.62. The highest BCUT2D eigenvalue weighted by Gasteiger charge is 2.17. The summed E-state index contributed by atoms with van der Waals surface area (Å²) in [6, 6.07) is 18.1. The van der Waals surface area contributed by atoms with Crippen LogP contribution in [0.1, 0.15) is 0 Å². The topological polar surface area (TPSA) is 78.2 Å². The van der Waals surface area contributed by atoms with Crippen LogP contribution in [0.2, 0.25) is 0 Å². The molecule has 0 N–H and O–H groups in total. The Morgan fingerprint density at radius 2 is 1.76 bits per heavy atom. The molecule has 2 aromatic heterocycles. The van der Waals surface area contributed by atoms with E-state index in [2.05, 4.69) is 9.97 Å². The number of nitro groups is 1. The van der Waals surface area contributed by atoms with Crippen LogP contribution < -0.4 is 4.74 Å². The molecule has 0 aliphatic heterocycles. The zero-order chi connectivity index (χ0) is 17.2. The molecule has 0 spiro atoms. The predicted molar refractivity (Wildman–Crippen MR) is 96.0 cm³/mol. The van der Waals surface area contributed by atoms with Gasteiger partial charge in [0.05, 0.1) is 10.3 Å². The first kappa shape index (κ1) is 15.2. The molecule has 2 heterocycles. The first-order valence-electron chi connectivity index (χ1n) is 7.43. The van der Waals surface area contributed by atoms with Crippen LogP contribution in [0.3, 0.4) is 0 Å². The van der Waals surface area contributed by atoms with Gasteiger partial charge in [-0.3, -0.25) is 10.1 Å². The monoisotopic (exact) mass is 349 g/mol. The van der Waals surface area contributed by atoms with E-state index in [9.17, 15) is 10.1 Å². The molecule has 0 saturated carbocycles. The molecule has 6 nitrogen and oxygen atoms in total. The van der Waals surface area contributed by atoms with E-state index in [0.717, 1.165) is 20.7 Å². The first-order valence-corrected chi connectivity index (χ1v) is 8.25. The van der Waals surface area contributed by atoms with Crippen molar-refractivity contribution in [1.82, 2.24) is 9.97 Å². The lowest BCUT2D eigenvalue weighted by atomic mass is 10.2. The lowest BCUT2D eigenvalue weighted by Crippen LogP contribution is -1.94. The molecule has 4 rings (SSSR count). The van der Waals surface area contributed by atoms with Crippen LogP contribution in [0.4, 0.5) is 5.69 Å². The van der Waals surface area contributed by atoms with Gasteiger partial charge < -0.3 is 4.74 Å². The first-order chi connectivity index (χ1) is 12.2. The number of thiophene rings is 1. The van der Waals surface area contributed by atoms with Crippen LogP contribution >= 0.6 is 11.3 Å². The van der Waals surface area contributed by atoms with Gasteiger partial charge >= 0.3 is 5.69 Å². The van der Waals surface area contributed by atoms with Crippen molar-refractivity contribution in [3.05, 3.63) is 77.1 Å². The SMILES string of the molecule is O=[N+]([O-])c1ccccc1Oc1ncnc2sc(-c3ccccc3)cc12. The molecule has 25 heavy (non-hydrogen) atoms. The fraction of sp³-hybridized carbons (Fsp3) is 0. The number of hydrogen-bond acceptors (Lipinski definition) is 6. The second kappa shape index (κ2) is 6.29. The molecule has 122 valence electrons. The highest BCUT2D eigenvalue weighted by atomic mass is 32.1. The average Bonchev–Trinajstić information content (AvgIpc) is 3.08. The van der Waals surface area contributed by atoms with Crippen molar-refractivity contribution in [2.24, 2.45) is 0 Å². The van der Waals surface area contributed by atoms with Crippen LogP contribution in [0.15, 0.2) is 67.0 Å². The summed E-state index contributed by atoms with van der Waals surface area (Å²) in [5.41, 5.74) is 0.968. The van der Waals surface area contributed by atoms with E-state index < -0.39 is 4.92 Å². The molecule has 0 saturated heterocycles. The van der Waals surface area contributed by atoms with E-state index in [1.165, 1.54) is 23.7 Å². The lowest BCUT2D eigenvalue weighted by molar-refractivity contribution is -0.385. The van der Waals surface area contributed by atoms with Gasteiger partial charge in [0.1, 0.15) is 11.2 Å². The van der Waals surface area contributed by atoms with Crippen molar-refractivity contribution >= 4 is 27.2 Å². The Morgan fingerprint density at radius 1 is 1.00 bits per heavy atom. The minimum atomic E-state index is -0.475. The Hall–Kier alpha value is -3.32. The minimum absolute atomic E-state index is 0.104. The zero-order valence-corrected chi connectivity index (χ0v) is 13.6. The Kier molecular flexibility index (Phi) is 3.83. The number of rotatable bonds is 4. The number of benzene rings is 2. The van der Waals surface area contributed by atoms with Gasteiger partial charge in [0.25, 0.3) is 0 Å². The molecule has 0 fully saturated rings. The van der Waals surface area contributed by atoms with Gasteiger partial charge in [-0.15, -0.1) is 11.3 Å². The van der Waals surface area contributed by atoms with Crippen molar-refractivity contribution in [2.45, 2.75) is 0 Å². The molecular formula is C18H11N3O3S. The van der Waals surface area contributed by atoms with Gasteiger partial charge in [0.15, 0.2) is 0 Å².